The molecule has 3 aromatic carbocycles. The summed E-state index contributed by atoms with van der Waals surface area (Å²) in [5.41, 5.74) is 4.17. The molecule has 0 bridgehead atoms. The molecule has 0 unspecified atom stereocenters. The Bertz CT molecular complexity index is 1290. The van der Waals surface area contributed by atoms with Crippen LogP contribution in [-0.2, 0) is 4.74 Å². The summed E-state index contributed by atoms with van der Waals surface area (Å²) in [7, 11) is 1.66. The van der Waals surface area contributed by atoms with Crippen molar-refractivity contribution in [2.45, 2.75) is 13.0 Å². The van der Waals surface area contributed by atoms with Gasteiger partial charge in [0, 0.05) is 24.0 Å². The Hall–Kier alpha value is -3.61. The molecule has 1 atom stereocenters. The second-order valence-corrected chi connectivity index (χ2v) is 8.49. The Morgan fingerprint density at radius 1 is 1.00 bits per heavy atom. The van der Waals surface area contributed by atoms with Gasteiger partial charge in [0.15, 0.2) is 0 Å². The highest BCUT2D eigenvalue weighted by molar-refractivity contribution is 6.09. The van der Waals surface area contributed by atoms with Crippen LogP contribution in [0.25, 0.3) is 11.0 Å². The number of carbonyl (C=O) groups is 1. The minimum atomic E-state index is -0.209. The summed E-state index contributed by atoms with van der Waals surface area (Å²) in [4.78, 5) is 15.6. The smallest absolute Gasteiger partial charge is 0.255 e. The Morgan fingerprint density at radius 3 is 2.53 bits per heavy atom. The van der Waals surface area contributed by atoms with Gasteiger partial charge >= 0.3 is 0 Å². The van der Waals surface area contributed by atoms with Gasteiger partial charge in [0.2, 0.25) is 0 Å². The lowest BCUT2D eigenvalue weighted by Crippen LogP contribution is -2.39. The largest absolute Gasteiger partial charge is 0.497 e. The van der Waals surface area contributed by atoms with E-state index in [1.807, 2.05) is 73.7 Å². The fraction of sp³-hybridized carbons (Fsp3) is 0.250. The van der Waals surface area contributed by atoms with Crippen LogP contribution in [-0.4, -0.2) is 44.2 Å². The van der Waals surface area contributed by atoms with Crippen molar-refractivity contribution in [3.63, 3.8) is 0 Å². The predicted molar refractivity (Wildman–Crippen MR) is 133 cm³/mol. The summed E-state index contributed by atoms with van der Waals surface area (Å²) in [5, 5.41) is 4.04. The summed E-state index contributed by atoms with van der Waals surface area (Å²) in [6.07, 6.45) is 0. The van der Waals surface area contributed by atoms with Crippen molar-refractivity contribution in [3.8, 4) is 5.75 Å². The number of aryl methyl sites for hydroxylation is 1. The van der Waals surface area contributed by atoms with Crippen molar-refractivity contribution in [2.75, 3.05) is 38.7 Å². The first-order valence-corrected chi connectivity index (χ1v) is 11.5. The maximum absolute atomic E-state index is 13.2. The monoisotopic (exact) mass is 456 g/mol. The van der Waals surface area contributed by atoms with Gasteiger partial charge < -0.3 is 19.2 Å². The van der Waals surface area contributed by atoms with Crippen LogP contribution in [0.3, 0.4) is 0 Å². The van der Waals surface area contributed by atoms with Gasteiger partial charge in [0.1, 0.15) is 17.1 Å². The highest BCUT2D eigenvalue weighted by Gasteiger charge is 2.31. The van der Waals surface area contributed by atoms with Gasteiger partial charge in [-0.05, 0) is 48.9 Å². The van der Waals surface area contributed by atoms with Crippen LogP contribution in [0.1, 0.15) is 33.3 Å². The number of furan rings is 1. The van der Waals surface area contributed by atoms with E-state index in [-0.39, 0.29) is 11.9 Å². The fourth-order valence-electron chi connectivity index (χ4n) is 4.45. The molecule has 1 fully saturated rings. The highest BCUT2D eigenvalue weighted by atomic mass is 16.5. The molecular formula is C28H28N2O4. The summed E-state index contributed by atoms with van der Waals surface area (Å²) >= 11 is 0. The second-order valence-electron chi connectivity index (χ2n) is 8.49. The normalized spacial score (nSPS) is 15.2. The molecule has 1 amide bonds. The van der Waals surface area contributed by atoms with Gasteiger partial charge in [-0.1, -0.05) is 42.0 Å². The highest BCUT2D eigenvalue weighted by Crippen LogP contribution is 2.41. The molecule has 6 heteroatoms. The average Bonchev–Trinajstić information content (AvgIpc) is 3.23. The van der Waals surface area contributed by atoms with E-state index in [0.29, 0.717) is 30.2 Å². The molecule has 1 saturated heterocycles. The lowest BCUT2D eigenvalue weighted by atomic mass is 10.00. The number of para-hydroxylation sites is 1. The summed E-state index contributed by atoms with van der Waals surface area (Å²) in [6, 6.07) is 23.2. The molecule has 1 aliphatic heterocycles. The number of nitrogens with one attached hydrogen (secondary N) is 1. The van der Waals surface area contributed by atoms with Crippen molar-refractivity contribution >= 4 is 22.6 Å². The van der Waals surface area contributed by atoms with Gasteiger partial charge in [-0.25, -0.2) is 0 Å². The molecule has 1 N–H and O–H groups in total. The van der Waals surface area contributed by atoms with Crippen molar-refractivity contribution in [2.24, 2.45) is 0 Å². The Labute approximate surface area is 199 Å². The molecule has 0 aliphatic carbocycles. The summed E-state index contributed by atoms with van der Waals surface area (Å²) in [5.74, 6) is 1.31. The molecule has 1 aromatic heterocycles. The minimum Gasteiger partial charge on any atom is -0.497 e. The minimum absolute atomic E-state index is 0.167. The number of hydrogen-bond acceptors (Lipinski definition) is 5. The zero-order valence-corrected chi connectivity index (χ0v) is 19.4. The Kier molecular flexibility index (Phi) is 6.34. The molecule has 34 heavy (non-hydrogen) atoms. The maximum Gasteiger partial charge on any atom is 0.255 e. The topological polar surface area (TPSA) is 63.9 Å². The van der Waals surface area contributed by atoms with E-state index in [4.69, 9.17) is 13.9 Å². The third-order valence-corrected chi connectivity index (χ3v) is 6.24. The molecule has 0 radical (unpaired) electrons. The van der Waals surface area contributed by atoms with Crippen molar-refractivity contribution in [1.29, 1.82) is 0 Å². The lowest BCUT2D eigenvalue weighted by molar-refractivity contribution is 0.0206. The van der Waals surface area contributed by atoms with Crippen LogP contribution >= 0.6 is 0 Å². The van der Waals surface area contributed by atoms with E-state index < -0.39 is 0 Å². The van der Waals surface area contributed by atoms with Crippen LogP contribution in [0, 0.1) is 6.92 Å². The Morgan fingerprint density at radius 2 is 1.76 bits per heavy atom. The van der Waals surface area contributed by atoms with Gasteiger partial charge in [-0.15, -0.1) is 0 Å². The van der Waals surface area contributed by atoms with Crippen LogP contribution in [0.2, 0.25) is 0 Å². The van der Waals surface area contributed by atoms with E-state index in [2.05, 4.69) is 16.3 Å². The van der Waals surface area contributed by atoms with Crippen LogP contribution in [0.4, 0.5) is 5.69 Å². The van der Waals surface area contributed by atoms with E-state index >= 15 is 0 Å². The molecule has 6 nitrogen and oxygen atoms in total. The van der Waals surface area contributed by atoms with Crippen LogP contribution in [0.15, 0.2) is 77.2 Å². The number of nitrogens with zero attached hydrogens (tertiary/aromatic N) is 1. The SMILES string of the molecule is COc1cccc([C@@H](c2oc3ccccc3c2NC(=O)c2ccc(C)cc2)N2CCOCC2)c1. The standard InChI is InChI=1S/C28H28N2O4/c1-19-10-12-20(13-11-19)28(31)29-25-23-8-3-4-9-24(23)34-27(25)26(30-14-16-33-17-15-30)21-6-5-7-22(18-21)32-2/h3-13,18,26H,14-17H2,1-2H3,(H,29,31)/t26-/m0/s1. The number of ether oxygens (including phenoxy) is 2. The average molecular weight is 457 g/mol. The number of fused-ring (bicyclic) bond motifs is 1. The lowest BCUT2D eigenvalue weighted by Gasteiger charge is -2.34. The van der Waals surface area contributed by atoms with Gasteiger partial charge in [-0.3, -0.25) is 9.69 Å². The van der Waals surface area contributed by atoms with Crippen LogP contribution < -0.4 is 10.1 Å². The number of anilines is 1. The zero-order chi connectivity index (χ0) is 23.5. The van der Waals surface area contributed by atoms with Crippen molar-refractivity contribution in [3.05, 3.63) is 95.2 Å². The van der Waals surface area contributed by atoms with Gasteiger partial charge in [-0.2, -0.15) is 0 Å². The molecule has 2 heterocycles. The number of rotatable bonds is 6. The third kappa shape index (κ3) is 4.42. The van der Waals surface area contributed by atoms with E-state index in [1.165, 1.54) is 0 Å². The number of amides is 1. The van der Waals surface area contributed by atoms with Crippen molar-refractivity contribution < 1.29 is 18.7 Å². The third-order valence-electron chi connectivity index (χ3n) is 6.24. The number of morpholine rings is 1. The first-order valence-electron chi connectivity index (χ1n) is 11.5. The molecule has 0 spiro atoms. The summed E-state index contributed by atoms with van der Waals surface area (Å²) in [6.45, 7) is 4.80. The van der Waals surface area contributed by atoms with E-state index in [1.54, 1.807) is 7.11 Å². The second kappa shape index (κ2) is 9.71. The van der Waals surface area contributed by atoms with Gasteiger partial charge in [0.25, 0.3) is 5.91 Å². The van der Waals surface area contributed by atoms with Crippen LogP contribution in [0.5, 0.6) is 5.75 Å². The number of methoxy groups -OCH3 is 1. The molecule has 4 aromatic rings. The fourth-order valence-corrected chi connectivity index (χ4v) is 4.45. The maximum atomic E-state index is 13.2. The molecule has 0 saturated carbocycles. The molecule has 5 rings (SSSR count). The number of hydrogen-bond donors (Lipinski definition) is 1. The zero-order valence-electron chi connectivity index (χ0n) is 19.4. The predicted octanol–water partition coefficient (Wildman–Crippen LogP) is 5.42. The molecular weight excluding hydrogens is 428 g/mol. The van der Waals surface area contributed by atoms with Gasteiger partial charge in [0.05, 0.1) is 32.1 Å². The number of carbonyl (C=O) groups excluding carboxylic acids is 1. The molecule has 174 valence electrons. The Balaban J connectivity index is 1.63. The quantitative estimate of drug-likeness (QED) is 0.420. The van der Waals surface area contributed by atoms with E-state index in [9.17, 15) is 4.79 Å². The first kappa shape index (κ1) is 22.2. The van der Waals surface area contributed by atoms with Crippen molar-refractivity contribution in [1.82, 2.24) is 4.90 Å². The van der Waals surface area contributed by atoms with E-state index in [0.717, 1.165) is 40.9 Å². The summed E-state index contributed by atoms with van der Waals surface area (Å²) < 4.78 is 17.6. The number of benzene rings is 3. The molecule has 1 aliphatic rings. The first-order chi connectivity index (χ1) is 16.6.